The van der Waals surface area contributed by atoms with Gasteiger partial charge in [0.1, 0.15) is 11.3 Å². The second-order valence-electron chi connectivity index (χ2n) is 5.13. The second-order valence-corrected chi connectivity index (χ2v) is 5.13. The summed E-state index contributed by atoms with van der Waals surface area (Å²) in [6.45, 7) is 0.710. The molecule has 0 atom stereocenters. The molecule has 1 fully saturated rings. The maximum absolute atomic E-state index is 10.9. The number of aromatic carboxylic acids is 1. The maximum Gasteiger partial charge on any atom is 0.335 e. The summed E-state index contributed by atoms with van der Waals surface area (Å²) >= 11 is 0. The van der Waals surface area contributed by atoms with Gasteiger partial charge >= 0.3 is 5.97 Å². The zero-order chi connectivity index (χ0) is 13.2. The van der Waals surface area contributed by atoms with Crippen LogP contribution in [-0.4, -0.2) is 17.1 Å². The zero-order valence-corrected chi connectivity index (χ0v) is 10.7. The third-order valence-corrected chi connectivity index (χ3v) is 3.73. The van der Waals surface area contributed by atoms with Crippen LogP contribution in [0.25, 0.3) is 11.0 Å². The molecule has 2 aromatic rings. The highest BCUT2D eigenvalue weighted by atomic mass is 16.4. The summed E-state index contributed by atoms with van der Waals surface area (Å²) < 4.78 is 5.71. The van der Waals surface area contributed by atoms with Crippen molar-refractivity contribution in [3.05, 3.63) is 35.6 Å². The molecule has 3 rings (SSSR count). The van der Waals surface area contributed by atoms with Gasteiger partial charge in [-0.25, -0.2) is 4.79 Å². The molecule has 4 nitrogen and oxygen atoms in total. The smallest absolute Gasteiger partial charge is 0.335 e. The Hall–Kier alpha value is -1.81. The molecule has 1 saturated carbocycles. The third-order valence-electron chi connectivity index (χ3n) is 3.73. The van der Waals surface area contributed by atoms with E-state index in [0.717, 1.165) is 16.7 Å². The fourth-order valence-electron chi connectivity index (χ4n) is 2.69. The Balaban J connectivity index is 1.75. The van der Waals surface area contributed by atoms with Crippen LogP contribution in [0.2, 0.25) is 0 Å². The molecule has 0 bridgehead atoms. The summed E-state index contributed by atoms with van der Waals surface area (Å²) in [6.07, 6.45) is 5.09. The molecule has 2 N–H and O–H groups in total. The third kappa shape index (κ3) is 2.63. The maximum atomic E-state index is 10.9. The molecule has 0 aliphatic heterocycles. The van der Waals surface area contributed by atoms with Crippen molar-refractivity contribution >= 4 is 16.9 Å². The van der Waals surface area contributed by atoms with Gasteiger partial charge in [0.05, 0.1) is 12.1 Å². The molecule has 0 saturated heterocycles. The quantitative estimate of drug-likeness (QED) is 0.885. The van der Waals surface area contributed by atoms with E-state index in [1.807, 2.05) is 6.07 Å². The van der Waals surface area contributed by atoms with Crippen molar-refractivity contribution in [1.82, 2.24) is 5.32 Å². The van der Waals surface area contributed by atoms with Gasteiger partial charge in [0.25, 0.3) is 0 Å². The first-order chi connectivity index (χ1) is 9.22. The zero-order valence-electron chi connectivity index (χ0n) is 10.7. The average Bonchev–Trinajstić information content (AvgIpc) is 3.04. The number of fused-ring (bicyclic) bond motifs is 1. The molecule has 19 heavy (non-hydrogen) atoms. The Morgan fingerprint density at radius 2 is 2.11 bits per heavy atom. The van der Waals surface area contributed by atoms with Gasteiger partial charge in [-0.05, 0) is 37.1 Å². The SMILES string of the molecule is O=C(O)c1ccc2oc(CNC3CCCC3)cc2c1. The van der Waals surface area contributed by atoms with E-state index in [4.69, 9.17) is 9.52 Å². The van der Waals surface area contributed by atoms with Gasteiger partial charge in [0.2, 0.25) is 0 Å². The van der Waals surface area contributed by atoms with Gasteiger partial charge < -0.3 is 14.8 Å². The van der Waals surface area contributed by atoms with E-state index in [1.54, 1.807) is 18.2 Å². The van der Waals surface area contributed by atoms with Crippen LogP contribution >= 0.6 is 0 Å². The molecule has 0 spiro atoms. The van der Waals surface area contributed by atoms with Crippen molar-refractivity contribution in [1.29, 1.82) is 0 Å². The average molecular weight is 259 g/mol. The largest absolute Gasteiger partial charge is 0.478 e. The number of hydrogen-bond donors (Lipinski definition) is 2. The van der Waals surface area contributed by atoms with E-state index < -0.39 is 5.97 Å². The minimum absolute atomic E-state index is 0.295. The van der Waals surface area contributed by atoms with Crippen molar-refractivity contribution in [3.63, 3.8) is 0 Å². The highest BCUT2D eigenvalue weighted by Gasteiger charge is 2.15. The van der Waals surface area contributed by atoms with Crippen LogP contribution in [0.15, 0.2) is 28.7 Å². The molecular weight excluding hydrogens is 242 g/mol. The number of carboxylic acids is 1. The molecule has 1 heterocycles. The van der Waals surface area contributed by atoms with Gasteiger partial charge in [0.15, 0.2) is 0 Å². The van der Waals surface area contributed by atoms with E-state index in [9.17, 15) is 4.79 Å². The summed E-state index contributed by atoms with van der Waals surface area (Å²) in [6, 6.07) is 7.47. The Labute approximate surface area is 111 Å². The van der Waals surface area contributed by atoms with E-state index in [2.05, 4.69) is 5.32 Å². The lowest BCUT2D eigenvalue weighted by Crippen LogP contribution is -2.24. The monoisotopic (exact) mass is 259 g/mol. The predicted octanol–water partition coefficient (Wildman–Crippen LogP) is 3.16. The van der Waals surface area contributed by atoms with Crippen molar-refractivity contribution in [2.75, 3.05) is 0 Å². The first-order valence-electron chi connectivity index (χ1n) is 6.71. The summed E-state index contributed by atoms with van der Waals surface area (Å²) in [5.74, 6) is -0.0434. The number of carboxylic acid groups (broad SMARTS) is 1. The van der Waals surface area contributed by atoms with E-state index >= 15 is 0 Å². The second kappa shape index (κ2) is 5.05. The highest BCUT2D eigenvalue weighted by molar-refractivity contribution is 5.93. The van der Waals surface area contributed by atoms with Crippen LogP contribution in [0.5, 0.6) is 0 Å². The number of furan rings is 1. The lowest BCUT2D eigenvalue weighted by atomic mass is 10.1. The van der Waals surface area contributed by atoms with Gasteiger partial charge in [-0.1, -0.05) is 12.8 Å². The van der Waals surface area contributed by atoms with Crippen molar-refractivity contribution in [3.8, 4) is 0 Å². The highest BCUT2D eigenvalue weighted by Crippen LogP contribution is 2.22. The molecule has 4 heteroatoms. The normalized spacial score (nSPS) is 16.2. The van der Waals surface area contributed by atoms with Crippen molar-refractivity contribution in [2.24, 2.45) is 0 Å². The molecule has 0 radical (unpaired) electrons. The number of carbonyl (C=O) groups is 1. The van der Waals surface area contributed by atoms with Crippen molar-refractivity contribution < 1.29 is 14.3 Å². The van der Waals surface area contributed by atoms with E-state index in [0.29, 0.717) is 18.2 Å². The van der Waals surface area contributed by atoms with Crippen LogP contribution in [0.3, 0.4) is 0 Å². The topological polar surface area (TPSA) is 62.5 Å². The fraction of sp³-hybridized carbons (Fsp3) is 0.400. The Morgan fingerprint density at radius 1 is 1.32 bits per heavy atom. The molecule has 100 valence electrons. The minimum Gasteiger partial charge on any atom is -0.478 e. The van der Waals surface area contributed by atoms with E-state index in [-0.39, 0.29) is 0 Å². The van der Waals surface area contributed by atoms with Gasteiger partial charge in [-0.15, -0.1) is 0 Å². The molecule has 1 aromatic carbocycles. The van der Waals surface area contributed by atoms with Crippen LogP contribution in [0.1, 0.15) is 41.8 Å². The first kappa shape index (κ1) is 12.2. The summed E-state index contributed by atoms with van der Waals surface area (Å²) in [5.41, 5.74) is 1.04. The summed E-state index contributed by atoms with van der Waals surface area (Å²) in [4.78, 5) is 10.9. The molecule has 1 aliphatic carbocycles. The summed E-state index contributed by atoms with van der Waals surface area (Å²) in [5, 5.41) is 13.3. The molecular formula is C15H17NO3. The Bertz CT molecular complexity index is 596. The standard InChI is InChI=1S/C15H17NO3/c17-15(18)10-5-6-14-11(7-10)8-13(19-14)9-16-12-3-1-2-4-12/h5-8,12,16H,1-4,9H2,(H,17,18). The number of nitrogens with one attached hydrogen (secondary N) is 1. The van der Waals surface area contributed by atoms with Crippen molar-refractivity contribution in [2.45, 2.75) is 38.3 Å². The molecule has 1 aromatic heterocycles. The lowest BCUT2D eigenvalue weighted by molar-refractivity contribution is 0.0697. The van der Waals surface area contributed by atoms with Gasteiger partial charge in [-0.3, -0.25) is 0 Å². The Kier molecular flexibility index (Phi) is 3.25. The van der Waals surface area contributed by atoms with E-state index in [1.165, 1.54) is 25.7 Å². The molecule has 1 aliphatic rings. The fourth-order valence-corrected chi connectivity index (χ4v) is 2.69. The molecule has 0 amide bonds. The first-order valence-corrected chi connectivity index (χ1v) is 6.71. The number of hydrogen-bond acceptors (Lipinski definition) is 3. The summed E-state index contributed by atoms with van der Waals surface area (Å²) in [7, 11) is 0. The predicted molar refractivity (Wildman–Crippen MR) is 72.3 cm³/mol. The lowest BCUT2D eigenvalue weighted by Gasteiger charge is -2.09. The van der Waals surface area contributed by atoms with Crippen LogP contribution in [-0.2, 0) is 6.54 Å². The number of benzene rings is 1. The van der Waals surface area contributed by atoms with Gasteiger partial charge in [0, 0.05) is 11.4 Å². The van der Waals surface area contributed by atoms with Crippen LogP contribution in [0.4, 0.5) is 0 Å². The minimum atomic E-state index is -0.909. The van der Waals surface area contributed by atoms with Crippen LogP contribution in [0, 0.1) is 0 Å². The molecule has 0 unspecified atom stereocenters. The van der Waals surface area contributed by atoms with Gasteiger partial charge in [-0.2, -0.15) is 0 Å². The number of rotatable bonds is 4. The van der Waals surface area contributed by atoms with Crippen LogP contribution < -0.4 is 5.32 Å². The Morgan fingerprint density at radius 3 is 2.84 bits per heavy atom.